The summed E-state index contributed by atoms with van der Waals surface area (Å²) in [6.07, 6.45) is 0.0931. The lowest BCUT2D eigenvalue weighted by molar-refractivity contribution is -0.144. The van der Waals surface area contributed by atoms with E-state index in [2.05, 4.69) is 53.7 Å². The molecule has 2 aromatic carbocycles. The van der Waals surface area contributed by atoms with E-state index in [9.17, 15) is 9.59 Å². The largest absolute Gasteiger partial charge is 0.459 e. The zero-order valence-corrected chi connectivity index (χ0v) is 17.9. The van der Waals surface area contributed by atoms with Crippen LogP contribution in [0.2, 0.25) is 0 Å². The molecule has 6 nitrogen and oxygen atoms in total. The quantitative estimate of drug-likeness (QED) is 0.489. The Morgan fingerprint density at radius 2 is 1.80 bits per heavy atom. The van der Waals surface area contributed by atoms with Crippen molar-refractivity contribution in [2.24, 2.45) is 0 Å². The van der Waals surface area contributed by atoms with Crippen molar-refractivity contribution in [1.29, 1.82) is 0 Å². The summed E-state index contributed by atoms with van der Waals surface area (Å²) in [4.78, 5) is 28.2. The predicted octanol–water partition coefficient (Wildman–Crippen LogP) is 5.19. The molecule has 0 fully saturated rings. The van der Waals surface area contributed by atoms with E-state index in [-0.39, 0.29) is 31.6 Å². The third-order valence-corrected chi connectivity index (χ3v) is 5.34. The zero-order chi connectivity index (χ0) is 21.3. The van der Waals surface area contributed by atoms with Gasteiger partial charge in [-0.25, -0.2) is 9.78 Å². The average Bonchev–Trinajstić information content (AvgIpc) is 3.22. The van der Waals surface area contributed by atoms with Crippen LogP contribution in [0.25, 0.3) is 10.6 Å². The molecule has 2 amide bonds. The van der Waals surface area contributed by atoms with E-state index in [1.807, 2.05) is 23.6 Å². The van der Waals surface area contributed by atoms with Gasteiger partial charge in [0, 0.05) is 23.2 Å². The first-order valence-electron chi connectivity index (χ1n) is 9.81. The molecule has 0 saturated heterocycles. The van der Waals surface area contributed by atoms with E-state index in [1.165, 1.54) is 16.9 Å². The van der Waals surface area contributed by atoms with Crippen molar-refractivity contribution >= 4 is 29.0 Å². The summed E-state index contributed by atoms with van der Waals surface area (Å²) >= 11 is 1.52. The monoisotopic (exact) mass is 423 g/mol. The number of carbonyl (C=O) groups excluding carboxylic acids is 2. The van der Waals surface area contributed by atoms with E-state index in [4.69, 9.17) is 4.74 Å². The Kier molecular flexibility index (Phi) is 7.57. The van der Waals surface area contributed by atoms with Crippen molar-refractivity contribution in [1.82, 2.24) is 10.3 Å². The van der Waals surface area contributed by atoms with E-state index >= 15 is 0 Å². The molecule has 3 aromatic rings. The van der Waals surface area contributed by atoms with Gasteiger partial charge in [-0.05, 0) is 23.6 Å². The normalized spacial score (nSPS) is 10.6. The SMILES string of the molecule is CC(C)c1ccc(-c2nc(COC(=O)CCNC(=O)Nc3ccccc3)cs2)cc1. The van der Waals surface area contributed by atoms with Gasteiger partial charge in [0.1, 0.15) is 11.6 Å². The molecule has 156 valence electrons. The van der Waals surface area contributed by atoms with Crippen molar-refractivity contribution in [3.05, 3.63) is 71.2 Å². The van der Waals surface area contributed by atoms with Gasteiger partial charge in [-0.15, -0.1) is 11.3 Å². The Morgan fingerprint density at radius 3 is 2.50 bits per heavy atom. The van der Waals surface area contributed by atoms with Crippen LogP contribution in [0.1, 0.15) is 37.4 Å². The number of esters is 1. The number of para-hydroxylation sites is 1. The minimum atomic E-state index is -0.383. The molecular formula is C23H25N3O3S. The number of urea groups is 1. The first-order valence-corrected chi connectivity index (χ1v) is 10.7. The lowest BCUT2D eigenvalue weighted by Gasteiger charge is -2.07. The van der Waals surface area contributed by atoms with Gasteiger partial charge in [0.15, 0.2) is 0 Å². The third-order valence-electron chi connectivity index (χ3n) is 4.40. The number of benzene rings is 2. The molecule has 0 spiro atoms. The van der Waals surface area contributed by atoms with Crippen LogP contribution in [0.3, 0.4) is 0 Å². The molecule has 0 atom stereocenters. The summed E-state index contributed by atoms with van der Waals surface area (Å²) < 4.78 is 5.26. The van der Waals surface area contributed by atoms with Gasteiger partial charge < -0.3 is 15.4 Å². The molecule has 1 heterocycles. The predicted molar refractivity (Wildman–Crippen MR) is 120 cm³/mol. The fourth-order valence-electron chi connectivity index (χ4n) is 2.72. The molecule has 7 heteroatoms. The van der Waals surface area contributed by atoms with Crippen molar-refractivity contribution in [3.8, 4) is 10.6 Å². The highest BCUT2D eigenvalue weighted by atomic mass is 32.1. The lowest BCUT2D eigenvalue weighted by atomic mass is 10.0. The van der Waals surface area contributed by atoms with Crippen LogP contribution in [0.5, 0.6) is 0 Å². The van der Waals surface area contributed by atoms with Crippen LogP contribution in [0.15, 0.2) is 60.0 Å². The Hall–Kier alpha value is -3.19. The molecule has 2 N–H and O–H groups in total. The maximum Gasteiger partial charge on any atom is 0.319 e. The summed E-state index contributed by atoms with van der Waals surface area (Å²) in [5, 5.41) is 8.12. The minimum absolute atomic E-state index is 0.0931. The van der Waals surface area contributed by atoms with Gasteiger partial charge in [0.25, 0.3) is 0 Å². The number of rotatable bonds is 8. The smallest absolute Gasteiger partial charge is 0.319 e. The molecule has 0 unspecified atom stereocenters. The second-order valence-corrected chi connectivity index (χ2v) is 7.94. The topological polar surface area (TPSA) is 80.3 Å². The number of ether oxygens (including phenoxy) is 1. The van der Waals surface area contributed by atoms with Gasteiger partial charge in [-0.3, -0.25) is 4.79 Å². The van der Waals surface area contributed by atoms with Gasteiger partial charge in [-0.2, -0.15) is 0 Å². The Bertz CT molecular complexity index is 969. The van der Waals surface area contributed by atoms with Crippen LogP contribution < -0.4 is 10.6 Å². The number of nitrogens with one attached hydrogen (secondary N) is 2. The van der Waals surface area contributed by atoms with E-state index < -0.39 is 0 Å². The van der Waals surface area contributed by atoms with Crippen molar-refractivity contribution < 1.29 is 14.3 Å². The molecule has 0 bridgehead atoms. The van der Waals surface area contributed by atoms with Gasteiger partial charge in [0.2, 0.25) is 0 Å². The Labute approximate surface area is 180 Å². The minimum Gasteiger partial charge on any atom is -0.459 e. The second-order valence-electron chi connectivity index (χ2n) is 7.08. The van der Waals surface area contributed by atoms with Gasteiger partial charge in [0.05, 0.1) is 12.1 Å². The van der Waals surface area contributed by atoms with Crippen molar-refractivity contribution in [2.45, 2.75) is 32.8 Å². The number of thiazole rings is 1. The summed E-state index contributed by atoms with van der Waals surface area (Å²) in [7, 11) is 0. The highest BCUT2D eigenvalue weighted by molar-refractivity contribution is 7.13. The Balaban J connectivity index is 1.39. The maximum absolute atomic E-state index is 11.9. The number of hydrogen-bond acceptors (Lipinski definition) is 5. The molecule has 0 radical (unpaired) electrons. The first kappa shape index (κ1) is 21.5. The highest BCUT2D eigenvalue weighted by Crippen LogP contribution is 2.26. The maximum atomic E-state index is 11.9. The molecule has 0 aliphatic rings. The summed E-state index contributed by atoms with van der Waals surface area (Å²) in [5.74, 6) is 0.107. The summed E-state index contributed by atoms with van der Waals surface area (Å²) in [6.45, 7) is 4.64. The van der Waals surface area contributed by atoms with Crippen molar-refractivity contribution in [3.63, 3.8) is 0 Å². The van der Waals surface area contributed by atoms with Gasteiger partial charge in [-0.1, -0.05) is 56.3 Å². The number of nitrogens with zero attached hydrogens (tertiary/aromatic N) is 1. The molecule has 3 rings (SSSR count). The summed E-state index contributed by atoms with van der Waals surface area (Å²) in [5.41, 5.74) is 3.74. The fraction of sp³-hybridized carbons (Fsp3) is 0.261. The van der Waals surface area contributed by atoms with Gasteiger partial charge >= 0.3 is 12.0 Å². The van der Waals surface area contributed by atoms with Crippen molar-refractivity contribution in [2.75, 3.05) is 11.9 Å². The fourth-order valence-corrected chi connectivity index (χ4v) is 3.53. The average molecular weight is 424 g/mol. The van der Waals surface area contributed by atoms with E-state index in [0.29, 0.717) is 17.3 Å². The standard InChI is InChI=1S/C23H25N3O3S/c1-16(2)17-8-10-18(11-9-17)22-25-20(15-30-22)14-29-21(27)12-13-24-23(28)26-19-6-4-3-5-7-19/h3-11,15-16H,12-14H2,1-2H3,(H2,24,26,28). The Morgan fingerprint density at radius 1 is 1.07 bits per heavy atom. The van der Waals surface area contributed by atoms with Crippen LogP contribution >= 0.6 is 11.3 Å². The highest BCUT2D eigenvalue weighted by Gasteiger charge is 2.09. The molecular weight excluding hydrogens is 398 g/mol. The number of amides is 2. The van der Waals surface area contributed by atoms with Crippen LogP contribution in [0, 0.1) is 0 Å². The molecule has 1 aromatic heterocycles. The molecule has 0 saturated carbocycles. The first-order chi connectivity index (χ1) is 14.5. The number of anilines is 1. The number of hydrogen-bond donors (Lipinski definition) is 2. The van der Waals surface area contributed by atoms with Crippen LogP contribution in [0.4, 0.5) is 10.5 Å². The van der Waals surface area contributed by atoms with E-state index in [1.54, 1.807) is 12.1 Å². The van der Waals surface area contributed by atoms with Crippen LogP contribution in [-0.2, 0) is 16.1 Å². The zero-order valence-electron chi connectivity index (χ0n) is 17.1. The number of carbonyl (C=O) groups is 2. The third kappa shape index (κ3) is 6.42. The van der Waals surface area contributed by atoms with Crippen LogP contribution in [-0.4, -0.2) is 23.5 Å². The molecule has 0 aliphatic carbocycles. The molecule has 30 heavy (non-hydrogen) atoms. The summed E-state index contributed by atoms with van der Waals surface area (Å²) in [6, 6.07) is 17.1. The number of aromatic nitrogens is 1. The lowest BCUT2D eigenvalue weighted by Crippen LogP contribution is -2.30. The van der Waals surface area contributed by atoms with E-state index in [0.717, 1.165) is 10.6 Å². The second kappa shape index (κ2) is 10.5. The molecule has 0 aliphatic heterocycles.